The van der Waals surface area contributed by atoms with Crippen molar-refractivity contribution in [1.82, 2.24) is 0 Å². The zero-order valence-corrected chi connectivity index (χ0v) is 10.3. The molecule has 1 heteroatoms. The summed E-state index contributed by atoms with van der Waals surface area (Å²) < 4.78 is 0. The van der Waals surface area contributed by atoms with Gasteiger partial charge in [-0.25, -0.2) is 0 Å². The van der Waals surface area contributed by atoms with E-state index in [2.05, 4.69) is 26.0 Å². The van der Waals surface area contributed by atoms with Gasteiger partial charge in [-0.2, -0.15) is 0 Å². The molecule has 0 nitrogen and oxygen atoms in total. The van der Waals surface area contributed by atoms with Gasteiger partial charge in [-0.3, -0.25) is 0 Å². The van der Waals surface area contributed by atoms with E-state index in [-0.39, 0.29) is 5.41 Å². The molecule has 0 saturated heterocycles. The van der Waals surface area contributed by atoms with Gasteiger partial charge in [0, 0.05) is 5.02 Å². The Bertz CT molecular complexity index is 345. The molecule has 2 unspecified atom stereocenters. The van der Waals surface area contributed by atoms with Gasteiger partial charge >= 0.3 is 0 Å². The van der Waals surface area contributed by atoms with E-state index in [1.165, 1.54) is 31.2 Å². The van der Waals surface area contributed by atoms with Crippen molar-refractivity contribution in [2.45, 2.75) is 44.9 Å². The Morgan fingerprint density at radius 3 is 2.67 bits per heavy atom. The summed E-state index contributed by atoms with van der Waals surface area (Å²) in [7, 11) is 0. The molecule has 15 heavy (non-hydrogen) atoms. The molecular formula is C14H19Cl. The molecule has 0 heterocycles. The molecule has 0 bridgehead atoms. The van der Waals surface area contributed by atoms with Crippen LogP contribution in [0.4, 0.5) is 0 Å². The van der Waals surface area contributed by atoms with Crippen LogP contribution in [-0.2, 0) is 5.41 Å². The van der Waals surface area contributed by atoms with Crippen molar-refractivity contribution in [3.8, 4) is 0 Å². The molecule has 0 N–H and O–H groups in total. The predicted molar refractivity (Wildman–Crippen MR) is 66.4 cm³/mol. The largest absolute Gasteiger partial charge is 0.0840 e. The van der Waals surface area contributed by atoms with Crippen molar-refractivity contribution < 1.29 is 0 Å². The molecule has 2 rings (SSSR count). The van der Waals surface area contributed by atoms with Crippen LogP contribution in [0.2, 0.25) is 5.02 Å². The summed E-state index contributed by atoms with van der Waals surface area (Å²) in [6, 6.07) is 8.34. The third-order valence-electron chi connectivity index (χ3n) is 4.16. The Morgan fingerprint density at radius 1 is 1.27 bits per heavy atom. The highest BCUT2D eigenvalue weighted by Crippen LogP contribution is 2.45. The molecule has 0 radical (unpaired) electrons. The fraction of sp³-hybridized carbons (Fsp3) is 0.571. The van der Waals surface area contributed by atoms with Crippen LogP contribution in [0.25, 0.3) is 0 Å². The Morgan fingerprint density at radius 2 is 2.00 bits per heavy atom. The van der Waals surface area contributed by atoms with Gasteiger partial charge in [-0.05, 0) is 35.8 Å². The summed E-state index contributed by atoms with van der Waals surface area (Å²) in [6.45, 7) is 4.74. The maximum absolute atomic E-state index is 6.31. The average molecular weight is 223 g/mol. The van der Waals surface area contributed by atoms with E-state index in [9.17, 15) is 0 Å². The van der Waals surface area contributed by atoms with Gasteiger partial charge in [0.1, 0.15) is 0 Å². The van der Waals surface area contributed by atoms with Gasteiger partial charge in [0.2, 0.25) is 0 Å². The first-order valence-electron chi connectivity index (χ1n) is 5.89. The first-order valence-corrected chi connectivity index (χ1v) is 6.27. The van der Waals surface area contributed by atoms with Crippen LogP contribution < -0.4 is 0 Å². The van der Waals surface area contributed by atoms with Crippen molar-refractivity contribution in [3.63, 3.8) is 0 Å². The molecule has 82 valence electrons. The minimum atomic E-state index is 0.288. The fourth-order valence-electron chi connectivity index (χ4n) is 2.83. The van der Waals surface area contributed by atoms with E-state index >= 15 is 0 Å². The van der Waals surface area contributed by atoms with Crippen molar-refractivity contribution in [2.75, 3.05) is 0 Å². The van der Waals surface area contributed by atoms with Crippen LogP contribution in [0.1, 0.15) is 45.1 Å². The van der Waals surface area contributed by atoms with Gasteiger partial charge in [-0.1, -0.05) is 56.5 Å². The smallest absolute Gasteiger partial charge is 0.0443 e. The first-order chi connectivity index (χ1) is 7.14. The summed E-state index contributed by atoms with van der Waals surface area (Å²) in [6.07, 6.45) is 5.33. The van der Waals surface area contributed by atoms with E-state index in [1.54, 1.807) is 0 Å². The third kappa shape index (κ3) is 1.92. The summed E-state index contributed by atoms with van der Waals surface area (Å²) in [5, 5.41) is 0.939. The second-order valence-electron chi connectivity index (χ2n) is 5.04. The highest BCUT2D eigenvalue weighted by Gasteiger charge is 2.36. The summed E-state index contributed by atoms with van der Waals surface area (Å²) in [5.41, 5.74) is 1.63. The number of halogens is 1. The normalized spacial score (nSPS) is 31.5. The van der Waals surface area contributed by atoms with E-state index in [4.69, 9.17) is 11.6 Å². The molecule has 0 spiro atoms. The standard InChI is InChI=1S/C14H19Cl/c1-11-7-5-6-10-14(11,2)12-8-3-4-9-13(12)15/h3-4,8-9,11H,5-7,10H2,1-2H3. The Labute approximate surface area is 97.6 Å². The Balaban J connectivity index is 2.39. The van der Waals surface area contributed by atoms with Gasteiger partial charge in [0.15, 0.2) is 0 Å². The molecule has 1 aromatic rings. The molecule has 2 atom stereocenters. The number of hydrogen-bond acceptors (Lipinski definition) is 0. The van der Waals surface area contributed by atoms with Crippen LogP contribution in [0.5, 0.6) is 0 Å². The van der Waals surface area contributed by atoms with Crippen molar-refractivity contribution >= 4 is 11.6 Å². The van der Waals surface area contributed by atoms with Crippen LogP contribution in [0, 0.1) is 5.92 Å². The first kappa shape index (κ1) is 11.0. The minimum absolute atomic E-state index is 0.288. The zero-order chi connectivity index (χ0) is 10.9. The second kappa shape index (κ2) is 4.17. The van der Waals surface area contributed by atoms with Gasteiger partial charge in [-0.15, -0.1) is 0 Å². The lowest BCUT2D eigenvalue weighted by molar-refractivity contribution is 0.221. The van der Waals surface area contributed by atoms with Crippen LogP contribution in [-0.4, -0.2) is 0 Å². The SMILES string of the molecule is CC1CCCCC1(C)c1ccccc1Cl. The lowest BCUT2D eigenvalue weighted by atomic mass is 9.64. The molecule has 1 aromatic carbocycles. The molecule has 1 saturated carbocycles. The molecule has 1 aliphatic rings. The second-order valence-corrected chi connectivity index (χ2v) is 5.45. The predicted octanol–water partition coefficient (Wildman–Crippen LogP) is 4.81. The highest BCUT2D eigenvalue weighted by molar-refractivity contribution is 6.31. The van der Waals surface area contributed by atoms with Crippen LogP contribution in [0.15, 0.2) is 24.3 Å². The average Bonchev–Trinajstić information content (AvgIpc) is 2.23. The molecule has 0 aliphatic heterocycles. The van der Waals surface area contributed by atoms with Crippen LogP contribution >= 0.6 is 11.6 Å². The van der Waals surface area contributed by atoms with E-state index in [0.29, 0.717) is 0 Å². The van der Waals surface area contributed by atoms with E-state index < -0.39 is 0 Å². The van der Waals surface area contributed by atoms with E-state index in [0.717, 1.165) is 10.9 Å². The Hall–Kier alpha value is -0.490. The summed E-state index contributed by atoms with van der Waals surface area (Å²) in [4.78, 5) is 0. The maximum Gasteiger partial charge on any atom is 0.0443 e. The van der Waals surface area contributed by atoms with Gasteiger partial charge in [0.25, 0.3) is 0 Å². The quantitative estimate of drug-likeness (QED) is 0.640. The molecular weight excluding hydrogens is 204 g/mol. The van der Waals surface area contributed by atoms with Crippen molar-refractivity contribution in [2.24, 2.45) is 5.92 Å². The molecule has 0 aromatic heterocycles. The lowest BCUT2D eigenvalue weighted by Gasteiger charge is -2.40. The zero-order valence-electron chi connectivity index (χ0n) is 9.59. The molecule has 1 fully saturated rings. The fourth-order valence-corrected chi connectivity index (χ4v) is 3.18. The summed E-state index contributed by atoms with van der Waals surface area (Å²) >= 11 is 6.31. The van der Waals surface area contributed by atoms with Gasteiger partial charge in [0.05, 0.1) is 0 Å². The highest BCUT2D eigenvalue weighted by atomic mass is 35.5. The molecule has 0 amide bonds. The number of hydrogen-bond donors (Lipinski definition) is 0. The Kier molecular flexibility index (Phi) is 3.06. The van der Waals surface area contributed by atoms with E-state index in [1.807, 2.05) is 12.1 Å². The topological polar surface area (TPSA) is 0 Å². The van der Waals surface area contributed by atoms with Crippen molar-refractivity contribution in [3.05, 3.63) is 34.9 Å². The number of benzene rings is 1. The molecule has 1 aliphatic carbocycles. The minimum Gasteiger partial charge on any atom is -0.0840 e. The number of rotatable bonds is 1. The van der Waals surface area contributed by atoms with Crippen LogP contribution in [0.3, 0.4) is 0 Å². The van der Waals surface area contributed by atoms with Crippen molar-refractivity contribution in [1.29, 1.82) is 0 Å². The summed E-state index contributed by atoms with van der Waals surface area (Å²) in [5.74, 6) is 0.742. The maximum atomic E-state index is 6.31. The van der Waals surface area contributed by atoms with Gasteiger partial charge < -0.3 is 0 Å². The third-order valence-corrected chi connectivity index (χ3v) is 4.49. The lowest BCUT2D eigenvalue weighted by Crippen LogP contribution is -2.33. The monoisotopic (exact) mass is 222 g/mol.